The van der Waals surface area contributed by atoms with Gasteiger partial charge in [-0.3, -0.25) is 4.90 Å². The van der Waals surface area contributed by atoms with E-state index in [1.54, 1.807) is 7.11 Å². The summed E-state index contributed by atoms with van der Waals surface area (Å²) >= 11 is 0. The summed E-state index contributed by atoms with van der Waals surface area (Å²) < 4.78 is 10.9. The molecule has 2 rings (SSSR count). The van der Waals surface area contributed by atoms with Crippen LogP contribution in [0.1, 0.15) is 6.92 Å². The highest BCUT2D eigenvalue weighted by atomic mass is 16.5. The molecule has 1 heterocycles. The maximum absolute atomic E-state index is 5.75. The van der Waals surface area contributed by atoms with E-state index in [1.165, 1.54) is 0 Å². The number of hydrogen-bond donors (Lipinski definition) is 1. The van der Waals surface area contributed by atoms with Crippen LogP contribution < -0.4 is 10.1 Å². The standard InChI is InChI=1S/C14H22N2O2/c1-3-16-8-9-18-14(11-16)10-15-12-4-6-13(17-2)7-5-12/h4-7,14-15H,3,8-11H2,1-2H3. The first-order valence-corrected chi connectivity index (χ1v) is 6.53. The second kappa shape index (κ2) is 6.61. The molecule has 1 aliphatic rings. The van der Waals surface area contributed by atoms with Crippen molar-refractivity contribution >= 4 is 5.69 Å². The molecule has 1 unspecified atom stereocenters. The fourth-order valence-electron chi connectivity index (χ4n) is 2.13. The van der Waals surface area contributed by atoms with Crippen LogP contribution >= 0.6 is 0 Å². The van der Waals surface area contributed by atoms with Crippen LogP contribution in [0.25, 0.3) is 0 Å². The summed E-state index contributed by atoms with van der Waals surface area (Å²) in [5.74, 6) is 0.881. The molecule has 100 valence electrons. The summed E-state index contributed by atoms with van der Waals surface area (Å²) in [5.41, 5.74) is 1.10. The van der Waals surface area contributed by atoms with E-state index in [4.69, 9.17) is 9.47 Å². The SMILES string of the molecule is CCN1CCOC(CNc2ccc(OC)cc2)C1. The molecule has 0 aromatic heterocycles. The number of likely N-dealkylation sites (N-methyl/N-ethyl adjacent to an activating group) is 1. The Morgan fingerprint density at radius 3 is 2.83 bits per heavy atom. The first-order chi connectivity index (χ1) is 8.81. The summed E-state index contributed by atoms with van der Waals surface area (Å²) in [6.07, 6.45) is 0.279. The lowest BCUT2D eigenvalue weighted by Crippen LogP contribution is -2.45. The van der Waals surface area contributed by atoms with Crippen molar-refractivity contribution in [3.05, 3.63) is 24.3 Å². The van der Waals surface area contributed by atoms with Crippen LogP contribution in [0.3, 0.4) is 0 Å². The Morgan fingerprint density at radius 1 is 1.39 bits per heavy atom. The quantitative estimate of drug-likeness (QED) is 0.864. The van der Waals surface area contributed by atoms with E-state index in [0.29, 0.717) is 0 Å². The lowest BCUT2D eigenvalue weighted by atomic mass is 10.2. The molecule has 1 aliphatic heterocycles. The number of anilines is 1. The number of rotatable bonds is 5. The van der Waals surface area contributed by atoms with Crippen molar-refractivity contribution in [2.24, 2.45) is 0 Å². The van der Waals surface area contributed by atoms with Gasteiger partial charge in [-0.25, -0.2) is 0 Å². The Hall–Kier alpha value is -1.26. The number of benzene rings is 1. The first kappa shape index (κ1) is 13.2. The summed E-state index contributed by atoms with van der Waals surface area (Å²) in [6, 6.07) is 7.98. The van der Waals surface area contributed by atoms with Gasteiger partial charge >= 0.3 is 0 Å². The van der Waals surface area contributed by atoms with Crippen molar-refractivity contribution in [1.82, 2.24) is 4.90 Å². The van der Waals surface area contributed by atoms with Crippen molar-refractivity contribution in [2.45, 2.75) is 13.0 Å². The van der Waals surface area contributed by atoms with Gasteiger partial charge in [-0.05, 0) is 30.8 Å². The van der Waals surface area contributed by atoms with Gasteiger partial charge in [-0.15, -0.1) is 0 Å². The lowest BCUT2D eigenvalue weighted by Gasteiger charge is -2.32. The predicted octanol–water partition coefficient (Wildman–Crippen LogP) is 1.83. The molecule has 18 heavy (non-hydrogen) atoms. The molecule has 1 fully saturated rings. The molecule has 1 saturated heterocycles. The van der Waals surface area contributed by atoms with Gasteiger partial charge in [0.2, 0.25) is 0 Å². The topological polar surface area (TPSA) is 33.7 Å². The van der Waals surface area contributed by atoms with E-state index in [0.717, 1.165) is 44.2 Å². The molecule has 1 aromatic carbocycles. The average molecular weight is 250 g/mol. The van der Waals surface area contributed by atoms with Crippen LogP contribution in [-0.2, 0) is 4.74 Å². The third-order valence-corrected chi connectivity index (χ3v) is 3.29. The summed E-state index contributed by atoms with van der Waals surface area (Å²) in [6.45, 7) is 7.04. The van der Waals surface area contributed by atoms with E-state index >= 15 is 0 Å². The second-order valence-corrected chi connectivity index (χ2v) is 4.50. The zero-order valence-electron chi connectivity index (χ0n) is 11.2. The maximum atomic E-state index is 5.75. The number of nitrogens with zero attached hydrogens (tertiary/aromatic N) is 1. The monoisotopic (exact) mass is 250 g/mol. The number of nitrogens with one attached hydrogen (secondary N) is 1. The smallest absolute Gasteiger partial charge is 0.119 e. The highest BCUT2D eigenvalue weighted by Gasteiger charge is 2.18. The Bertz CT molecular complexity index is 353. The molecule has 1 atom stereocenters. The largest absolute Gasteiger partial charge is 0.497 e. The van der Waals surface area contributed by atoms with E-state index in [9.17, 15) is 0 Å². The molecular weight excluding hydrogens is 228 g/mol. The third-order valence-electron chi connectivity index (χ3n) is 3.29. The van der Waals surface area contributed by atoms with E-state index in [2.05, 4.69) is 17.1 Å². The maximum Gasteiger partial charge on any atom is 0.119 e. The van der Waals surface area contributed by atoms with E-state index < -0.39 is 0 Å². The highest BCUT2D eigenvalue weighted by Crippen LogP contribution is 2.15. The van der Waals surface area contributed by atoms with Crippen LogP contribution in [0.4, 0.5) is 5.69 Å². The molecule has 1 aromatic rings. The van der Waals surface area contributed by atoms with Crippen LogP contribution in [0.5, 0.6) is 5.75 Å². The van der Waals surface area contributed by atoms with Crippen molar-refractivity contribution in [1.29, 1.82) is 0 Å². The summed E-state index contributed by atoms with van der Waals surface area (Å²) in [4.78, 5) is 2.42. The number of hydrogen-bond acceptors (Lipinski definition) is 4. The fourth-order valence-corrected chi connectivity index (χ4v) is 2.13. The molecule has 0 saturated carbocycles. The highest BCUT2D eigenvalue weighted by molar-refractivity contribution is 5.46. The van der Waals surface area contributed by atoms with Crippen molar-refractivity contribution in [3.63, 3.8) is 0 Å². The Balaban J connectivity index is 1.79. The average Bonchev–Trinajstić information content (AvgIpc) is 2.46. The second-order valence-electron chi connectivity index (χ2n) is 4.50. The van der Waals surface area contributed by atoms with E-state index in [-0.39, 0.29) is 6.10 Å². The first-order valence-electron chi connectivity index (χ1n) is 6.53. The Labute approximate surface area is 109 Å². The molecule has 4 heteroatoms. The van der Waals surface area contributed by atoms with Gasteiger partial charge in [0.25, 0.3) is 0 Å². The molecule has 0 spiro atoms. The van der Waals surface area contributed by atoms with Gasteiger partial charge < -0.3 is 14.8 Å². The predicted molar refractivity (Wildman–Crippen MR) is 73.3 cm³/mol. The third kappa shape index (κ3) is 3.62. The van der Waals surface area contributed by atoms with Crippen LogP contribution in [-0.4, -0.2) is 50.9 Å². The number of methoxy groups -OCH3 is 1. The molecule has 1 N–H and O–H groups in total. The van der Waals surface area contributed by atoms with Gasteiger partial charge in [0, 0.05) is 25.3 Å². The minimum absolute atomic E-state index is 0.279. The van der Waals surface area contributed by atoms with E-state index in [1.807, 2.05) is 24.3 Å². The Morgan fingerprint density at radius 2 is 2.17 bits per heavy atom. The minimum Gasteiger partial charge on any atom is -0.497 e. The number of ether oxygens (including phenoxy) is 2. The molecule has 4 nitrogen and oxygen atoms in total. The van der Waals surface area contributed by atoms with Gasteiger partial charge in [-0.1, -0.05) is 6.92 Å². The van der Waals surface area contributed by atoms with Gasteiger partial charge in [-0.2, -0.15) is 0 Å². The zero-order valence-corrected chi connectivity index (χ0v) is 11.2. The molecular formula is C14H22N2O2. The fraction of sp³-hybridized carbons (Fsp3) is 0.571. The van der Waals surface area contributed by atoms with Crippen molar-refractivity contribution in [3.8, 4) is 5.75 Å². The molecule has 0 bridgehead atoms. The Kier molecular flexibility index (Phi) is 4.84. The van der Waals surface area contributed by atoms with Gasteiger partial charge in [0.05, 0.1) is 19.8 Å². The van der Waals surface area contributed by atoms with Crippen LogP contribution in [0.2, 0.25) is 0 Å². The molecule has 0 radical (unpaired) electrons. The van der Waals surface area contributed by atoms with Gasteiger partial charge in [0.15, 0.2) is 0 Å². The van der Waals surface area contributed by atoms with Gasteiger partial charge in [0.1, 0.15) is 5.75 Å². The zero-order chi connectivity index (χ0) is 12.8. The normalized spacial score (nSPS) is 20.7. The van der Waals surface area contributed by atoms with Crippen LogP contribution in [0.15, 0.2) is 24.3 Å². The lowest BCUT2D eigenvalue weighted by molar-refractivity contribution is -0.0191. The minimum atomic E-state index is 0.279. The molecule has 0 aliphatic carbocycles. The summed E-state index contributed by atoms with van der Waals surface area (Å²) in [7, 11) is 1.68. The summed E-state index contributed by atoms with van der Waals surface area (Å²) in [5, 5.41) is 3.40. The number of morpholine rings is 1. The van der Waals surface area contributed by atoms with Crippen molar-refractivity contribution in [2.75, 3.05) is 45.2 Å². The van der Waals surface area contributed by atoms with Crippen LogP contribution in [0, 0.1) is 0 Å². The van der Waals surface area contributed by atoms with Crippen molar-refractivity contribution < 1.29 is 9.47 Å². The molecule has 0 amide bonds.